The van der Waals surface area contributed by atoms with Crippen LogP contribution in [-0.4, -0.2) is 42.7 Å². The summed E-state index contributed by atoms with van der Waals surface area (Å²) in [5, 5.41) is 0. The fourth-order valence-corrected chi connectivity index (χ4v) is 2.07. The highest BCUT2D eigenvalue weighted by Gasteiger charge is 2.93. The molecule has 180 valence electrons. The molecule has 0 radical (unpaired) electrons. The molecule has 0 aromatic rings. The Morgan fingerprint density at radius 2 is 0.600 bits per heavy atom. The molecule has 0 atom stereocenters. The molecule has 0 bridgehead atoms. The number of halogens is 20. The van der Waals surface area contributed by atoms with E-state index in [1.54, 1.807) is 0 Å². The Kier molecular flexibility index (Phi) is 6.54. The molecular weight excluding hydrogens is 500 g/mol. The van der Waals surface area contributed by atoms with Crippen molar-refractivity contribution >= 4 is 0 Å². The standard InChI is InChI=1S/C10F20/c11-2(5(13,14)15)1(4(12,9(25,26)27)10(28,29)30)3(6(16,17)18,7(19,20)21)8(22,23)24. The smallest absolute Gasteiger partial charge is 0.218 e. The maximum absolute atomic E-state index is 13.8. The zero-order chi connectivity index (χ0) is 25.2. The van der Waals surface area contributed by atoms with Crippen molar-refractivity contribution in [3.63, 3.8) is 0 Å². The first-order valence-corrected chi connectivity index (χ1v) is 6.03. The van der Waals surface area contributed by atoms with Gasteiger partial charge in [-0.1, -0.05) is 0 Å². The zero-order valence-electron chi connectivity index (χ0n) is 12.6. The SMILES string of the molecule is FC(=C(C(F)(C(F)(F)F)C(F)(F)F)C(C(F)(F)F)(C(F)(F)F)C(F)(F)F)C(F)(F)F. The van der Waals surface area contributed by atoms with Gasteiger partial charge in [-0.05, 0) is 0 Å². The first-order chi connectivity index (χ1) is 12.5. The van der Waals surface area contributed by atoms with E-state index in [0.29, 0.717) is 0 Å². The van der Waals surface area contributed by atoms with Crippen molar-refractivity contribution in [1.29, 1.82) is 0 Å². The third-order valence-corrected chi connectivity index (χ3v) is 3.24. The van der Waals surface area contributed by atoms with Crippen LogP contribution in [0.3, 0.4) is 0 Å². The second-order valence-electron chi connectivity index (χ2n) is 5.08. The van der Waals surface area contributed by atoms with Crippen molar-refractivity contribution in [2.24, 2.45) is 5.41 Å². The van der Waals surface area contributed by atoms with Crippen molar-refractivity contribution in [1.82, 2.24) is 0 Å². The molecule has 0 aliphatic rings. The summed E-state index contributed by atoms with van der Waals surface area (Å²) in [5.41, 5.74) is -24.1. The van der Waals surface area contributed by atoms with E-state index in [2.05, 4.69) is 0 Å². The number of hydrogen-bond acceptors (Lipinski definition) is 0. The van der Waals surface area contributed by atoms with Gasteiger partial charge in [-0.2, -0.15) is 79.0 Å². The van der Waals surface area contributed by atoms with Gasteiger partial charge in [-0.15, -0.1) is 0 Å². The average molecular weight is 500 g/mol. The third-order valence-electron chi connectivity index (χ3n) is 3.24. The van der Waals surface area contributed by atoms with Gasteiger partial charge in [0.2, 0.25) is 5.83 Å². The van der Waals surface area contributed by atoms with Gasteiger partial charge in [-0.3, -0.25) is 0 Å². The van der Waals surface area contributed by atoms with Crippen LogP contribution in [-0.2, 0) is 0 Å². The highest BCUT2D eigenvalue weighted by Crippen LogP contribution is 2.70. The Morgan fingerprint density at radius 3 is 0.733 bits per heavy atom. The second-order valence-corrected chi connectivity index (χ2v) is 5.08. The number of rotatable bonds is 2. The molecule has 0 amide bonds. The van der Waals surface area contributed by atoms with Crippen LogP contribution < -0.4 is 0 Å². The Labute approximate surface area is 149 Å². The lowest BCUT2D eigenvalue weighted by Crippen LogP contribution is -2.69. The monoisotopic (exact) mass is 500 g/mol. The predicted octanol–water partition coefficient (Wildman–Crippen LogP) is 7.28. The number of allylic oxidation sites excluding steroid dienone is 2. The van der Waals surface area contributed by atoms with Crippen molar-refractivity contribution in [3.8, 4) is 0 Å². The van der Waals surface area contributed by atoms with Crippen LogP contribution in [0.25, 0.3) is 0 Å². The molecule has 0 saturated carbocycles. The third kappa shape index (κ3) is 3.96. The molecule has 0 aromatic heterocycles. The summed E-state index contributed by atoms with van der Waals surface area (Å²) < 4.78 is 254. The van der Waals surface area contributed by atoms with E-state index in [9.17, 15) is 87.8 Å². The van der Waals surface area contributed by atoms with Crippen LogP contribution in [0.4, 0.5) is 87.8 Å². The Morgan fingerprint density at radius 1 is 0.367 bits per heavy atom. The Hall–Kier alpha value is -1.66. The summed E-state index contributed by atoms with van der Waals surface area (Å²) in [6, 6.07) is 0. The molecule has 0 aromatic carbocycles. The molecule has 0 fully saturated rings. The van der Waals surface area contributed by atoms with Gasteiger partial charge >= 0.3 is 42.7 Å². The summed E-state index contributed by atoms with van der Waals surface area (Å²) in [4.78, 5) is 0. The molecule has 0 aliphatic carbocycles. The molecule has 0 saturated heterocycles. The van der Waals surface area contributed by atoms with Gasteiger partial charge in [0.15, 0.2) is 0 Å². The van der Waals surface area contributed by atoms with E-state index >= 15 is 0 Å². The Bertz CT molecular complexity index is 603. The van der Waals surface area contributed by atoms with Crippen molar-refractivity contribution in [3.05, 3.63) is 11.4 Å². The summed E-state index contributed by atoms with van der Waals surface area (Å²) in [6.07, 6.45) is -50.6. The van der Waals surface area contributed by atoms with E-state index in [1.165, 1.54) is 0 Å². The summed E-state index contributed by atoms with van der Waals surface area (Å²) in [6.45, 7) is 0. The maximum atomic E-state index is 13.8. The normalized spacial score (nSPS) is 17.2. The fourth-order valence-electron chi connectivity index (χ4n) is 2.07. The van der Waals surface area contributed by atoms with Crippen molar-refractivity contribution in [2.75, 3.05) is 0 Å². The minimum absolute atomic E-state index is 5.90. The minimum atomic E-state index is -8.92. The minimum Gasteiger partial charge on any atom is -0.218 e. The molecule has 0 unspecified atom stereocenters. The van der Waals surface area contributed by atoms with Crippen LogP contribution in [0.1, 0.15) is 0 Å². The van der Waals surface area contributed by atoms with E-state index in [1.807, 2.05) is 0 Å². The van der Waals surface area contributed by atoms with Crippen LogP contribution >= 0.6 is 0 Å². The van der Waals surface area contributed by atoms with Gasteiger partial charge in [0.05, 0.1) is 5.57 Å². The van der Waals surface area contributed by atoms with Gasteiger partial charge in [-0.25, -0.2) is 8.78 Å². The zero-order valence-corrected chi connectivity index (χ0v) is 12.6. The van der Waals surface area contributed by atoms with Crippen molar-refractivity contribution < 1.29 is 87.8 Å². The summed E-state index contributed by atoms with van der Waals surface area (Å²) >= 11 is 0. The molecule has 0 N–H and O–H groups in total. The molecule has 0 aliphatic heterocycles. The molecule has 0 heterocycles. The molecule has 0 nitrogen and oxygen atoms in total. The van der Waals surface area contributed by atoms with Crippen LogP contribution in [0.5, 0.6) is 0 Å². The van der Waals surface area contributed by atoms with Crippen LogP contribution in [0, 0.1) is 5.41 Å². The molecule has 0 spiro atoms. The largest absolute Gasteiger partial charge is 0.443 e. The first kappa shape index (κ1) is 28.3. The van der Waals surface area contributed by atoms with E-state index in [-0.39, 0.29) is 0 Å². The second kappa shape index (κ2) is 6.92. The van der Waals surface area contributed by atoms with Gasteiger partial charge < -0.3 is 0 Å². The Balaban J connectivity index is 8.47. The lowest BCUT2D eigenvalue weighted by Gasteiger charge is -2.45. The van der Waals surface area contributed by atoms with Gasteiger partial charge in [0.1, 0.15) is 0 Å². The van der Waals surface area contributed by atoms with Gasteiger partial charge in [0, 0.05) is 0 Å². The fraction of sp³-hybridized carbons (Fsp3) is 0.800. The van der Waals surface area contributed by atoms with Gasteiger partial charge in [0.25, 0.3) is 5.41 Å². The molecule has 0 rings (SSSR count). The molecule has 30 heavy (non-hydrogen) atoms. The lowest BCUT2D eigenvalue weighted by molar-refractivity contribution is -0.427. The summed E-state index contributed by atoms with van der Waals surface area (Å²) in [5.74, 6) is -5.90. The van der Waals surface area contributed by atoms with E-state index < -0.39 is 59.5 Å². The quantitative estimate of drug-likeness (QED) is 0.350. The highest BCUT2D eigenvalue weighted by atomic mass is 19.4. The average Bonchev–Trinajstić information content (AvgIpc) is 2.34. The first-order valence-electron chi connectivity index (χ1n) is 6.03. The molecule has 20 heteroatoms. The van der Waals surface area contributed by atoms with Crippen LogP contribution in [0.2, 0.25) is 0 Å². The predicted molar refractivity (Wildman–Crippen MR) is 50.7 cm³/mol. The topological polar surface area (TPSA) is 0 Å². The summed E-state index contributed by atoms with van der Waals surface area (Å²) in [7, 11) is 0. The van der Waals surface area contributed by atoms with Crippen LogP contribution in [0.15, 0.2) is 11.4 Å². The molecular formula is C10F20. The number of alkyl halides is 19. The maximum Gasteiger partial charge on any atom is 0.443 e. The number of hydrogen-bond donors (Lipinski definition) is 0. The van der Waals surface area contributed by atoms with Crippen molar-refractivity contribution in [2.45, 2.75) is 42.7 Å². The van der Waals surface area contributed by atoms with E-state index in [4.69, 9.17) is 0 Å². The highest BCUT2D eigenvalue weighted by molar-refractivity contribution is 5.39. The lowest BCUT2D eigenvalue weighted by atomic mass is 9.69. The van der Waals surface area contributed by atoms with E-state index in [0.717, 1.165) is 0 Å².